The Morgan fingerprint density at radius 2 is 1.91 bits per heavy atom. The molecule has 0 fully saturated rings. The van der Waals surface area contributed by atoms with Gasteiger partial charge in [0, 0.05) is 36.5 Å². The molecule has 0 spiro atoms. The zero-order chi connectivity index (χ0) is 16.7. The van der Waals surface area contributed by atoms with Crippen molar-refractivity contribution in [2.45, 2.75) is 0 Å². The SMILES string of the molecule is N#Cc1cccc(C(=O)NCCNc2ccc([N+](=O)[O-])cc2)c1. The molecule has 2 rings (SSSR count). The van der Waals surface area contributed by atoms with Crippen LogP contribution in [-0.2, 0) is 0 Å². The molecule has 0 radical (unpaired) electrons. The molecule has 0 bridgehead atoms. The number of nitro benzene ring substituents is 1. The molecule has 0 aromatic heterocycles. The van der Waals surface area contributed by atoms with Crippen LogP contribution in [0.3, 0.4) is 0 Å². The fourth-order valence-electron chi connectivity index (χ4n) is 1.92. The summed E-state index contributed by atoms with van der Waals surface area (Å²) in [6.45, 7) is 0.855. The zero-order valence-electron chi connectivity index (χ0n) is 12.2. The normalized spacial score (nSPS) is 9.70. The third-order valence-corrected chi connectivity index (χ3v) is 3.07. The van der Waals surface area contributed by atoms with Gasteiger partial charge in [0.15, 0.2) is 0 Å². The number of non-ortho nitro benzene ring substituents is 1. The van der Waals surface area contributed by atoms with Gasteiger partial charge in [0.2, 0.25) is 0 Å². The Labute approximate surface area is 132 Å². The van der Waals surface area contributed by atoms with Crippen LogP contribution in [0.2, 0.25) is 0 Å². The summed E-state index contributed by atoms with van der Waals surface area (Å²) in [7, 11) is 0. The molecule has 1 amide bonds. The van der Waals surface area contributed by atoms with Gasteiger partial charge >= 0.3 is 0 Å². The van der Waals surface area contributed by atoms with E-state index in [0.29, 0.717) is 24.2 Å². The second-order valence-corrected chi connectivity index (χ2v) is 4.68. The van der Waals surface area contributed by atoms with Crippen molar-refractivity contribution in [3.8, 4) is 6.07 Å². The third-order valence-electron chi connectivity index (χ3n) is 3.07. The lowest BCUT2D eigenvalue weighted by Gasteiger charge is -2.08. The smallest absolute Gasteiger partial charge is 0.269 e. The summed E-state index contributed by atoms with van der Waals surface area (Å²) in [6.07, 6.45) is 0. The van der Waals surface area contributed by atoms with E-state index in [1.165, 1.54) is 18.2 Å². The van der Waals surface area contributed by atoms with Gasteiger partial charge in [-0.05, 0) is 30.3 Å². The van der Waals surface area contributed by atoms with Crippen LogP contribution < -0.4 is 10.6 Å². The highest BCUT2D eigenvalue weighted by atomic mass is 16.6. The van der Waals surface area contributed by atoms with Crippen LogP contribution in [0.25, 0.3) is 0 Å². The molecule has 23 heavy (non-hydrogen) atoms. The molecule has 0 aliphatic heterocycles. The molecule has 7 nitrogen and oxygen atoms in total. The van der Waals surface area contributed by atoms with Crippen LogP contribution in [0.1, 0.15) is 15.9 Å². The standard InChI is InChI=1S/C16H14N4O3/c17-11-12-2-1-3-13(10-12)16(21)19-9-8-18-14-4-6-15(7-5-14)20(22)23/h1-7,10,18H,8-9H2,(H,19,21). The van der Waals surface area contributed by atoms with Crippen LogP contribution in [0.15, 0.2) is 48.5 Å². The Bertz CT molecular complexity index is 751. The van der Waals surface area contributed by atoms with Crippen molar-refractivity contribution < 1.29 is 9.72 Å². The Morgan fingerprint density at radius 3 is 2.57 bits per heavy atom. The van der Waals surface area contributed by atoms with Crippen molar-refractivity contribution in [2.24, 2.45) is 0 Å². The molecule has 116 valence electrons. The maximum absolute atomic E-state index is 11.9. The molecule has 0 heterocycles. The van der Waals surface area contributed by atoms with Gasteiger partial charge in [0.1, 0.15) is 0 Å². The minimum Gasteiger partial charge on any atom is -0.383 e. The number of nitriles is 1. The number of hydrogen-bond donors (Lipinski definition) is 2. The first-order chi connectivity index (χ1) is 11.1. The molecule has 0 aliphatic rings. The third kappa shape index (κ3) is 4.54. The van der Waals surface area contributed by atoms with Gasteiger partial charge in [0.25, 0.3) is 11.6 Å². The van der Waals surface area contributed by atoms with E-state index in [4.69, 9.17) is 5.26 Å². The highest BCUT2D eigenvalue weighted by Gasteiger charge is 2.06. The lowest BCUT2D eigenvalue weighted by molar-refractivity contribution is -0.384. The fourth-order valence-corrected chi connectivity index (χ4v) is 1.92. The van der Waals surface area contributed by atoms with E-state index in [2.05, 4.69) is 10.6 Å². The van der Waals surface area contributed by atoms with Gasteiger partial charge in [-0.2, -0.15) is 5.26 Å². The Balaban J connectivity index is 1.79. The molecule has 0 saturated heterocycles. The summed E-state index contributed by atoms with van der Waals surface area (Å²) in [5.41, 5.74) is 1.62. The van der Waals surface area contributed by atoms with E-state index >= 15 is 0 Å². The van der Waals surface area contributed by atoms with Crippen molar-refractivity contribution in [3.05, 3.63) is 69.8 Å². The van der Waals surface area contributed by atoms with Gasteiger partial charge in [-0.25, -0.2) is 0 Å². The molecular weight excluding hydrogens is 296 g/mol. The number of benzene rings is 2. The summed E-state index contributed by atoms with van der Waals surface area (Å²) in [6, 6.07) is 14.5. The lowest BCUT2D eigenvalue weighted by Crippen LogP contribution is -2.28. The number of carbonyl (C=O) groups excluding carboxylic acids is 1. The number of nitro groups is 1. The van der Waals surface area contributed by atoms with Crippen LogP contribution in [0.5, 0.6) is 0 Å². The maximum Gasteiger partial charge on any atom is 0.269 e. The van der Waals surface area contributed by atoms with Crippen molar-refractivity contribution >= 4 is 17.3 Å². The number of anilines is 1. The monoisotopic (exact) mass is 310 g/mol. The van der Waals surface area contributed by atoms with Crippen LogP contribution in [0.4, 0.5) is 11.4 Å². The summed E-state index contributed by atoms with van der Waals surface area (Å²) >= 11 is 0. The predicted octanol–water partition coefficient (Wildman–Crippen LogP) is 2.31. The van der Waals surface area contributed by atoms with Crippen LogP contribution in [-0.4, -0.2) is 23.9 Å². The van der Waals surface area contributed by atoms with E-state index in [9.17, 15) is 14.9 Å². The van der Waals surface area contributed by atoms with Crippen molar-refractivity contribution in [1.29, 1.82) is 5.26 Å². The summed E-state index contributed by atoms with van der Waals surface area (Å²) in [5.74, 6) is -0.257. The van der Waals surface area contributed by atoms with E-state index in [0.717, 1.165) is 5.69 Å². The molecule has 2 aromatic rings. The number of nitrogens with one attached hydrogen (secondary N) is 2. The van der Waals surface area contributed by atoms with Gasteiger partial charge < -0.3 is 10.6 Å². The van der Waals surface area contributed by atoms with Gasteiger partial charge in [0.05, 0.1) is 16.6 Å². The Kier molecular flexibility index (Phi) is 5.25. The lowest BCUT2D eigenvalue weighted by atomic mass is 10.1. The highest BCUT2D eigenvalue weighted by molar-refractivity contribution is 5.94. The highest BCUT2D eigenvalue weighted by Crippen LogP contribution is 2.14. The first-order valence-electron chi connectivity index (χ1n) is 6.87. The second kappa shape index (κ2) is 7.56. The molecule has 0 saturated carbocycles. The fraction of sp³-hybridized carbons (Fsp3) is 0.125. The topological polar surface area (TPSA) is 108 Å². The van der Waals surface area contributed by atoms with Gasteiger partial charge in [-0.1, -0.05) is 6.07 Å². The molecule has 7 heteroatoms. The maximum atomic E-state index is 11.9. The predicted molar refractivity (Wildman–Crippen MR) is 85.1 cm³/mol. The number of hydrogen-bond acceptors (Lipinski definition) is 5. The van der Waals surface area contributed by atoms with Crippen LogP contribution >= 0.6 is 0 Å². The van der Waals surface area contributed by atoms with Crippen molar-refractivity contribution in [1.82, 2.24) is 5.32 Å². The molecule has 2 aromatic carbocycles. The Morgan fingerprint density at radius 1 is 1.17 bits per heavy atom. The molecular formula is C16H14N4O3. The second-order valence-electron chi connectivity index (χ2n) is 4.68. The van der Waals surface area contributed by atoms with E-state index in [1.807, 2.05) is 6.07 Å². The quantitative estimate of drug-likeness (QED) is 0.483. The van der Waals surface area contributed by atoms with Crippen molar-refractivity contribution in [2.75, 3.05) is 18.4 Å². The number of rotatable bonds is 6. The summed E-state index contributed by atoms with van der Waals surface area (Å²) in [5, 5.41) is 25.1. The average Bonchev–Trinajstić information content (AvgIpc) is 2.59. The molecule has 0 atom stereocenters. The van der Waals surface area contributed by atoms with E-state index in [1.54, 1.807) is 30.3 Å². The molecule has 0 unspecified atom stereocenters. The summed E-state index contributed by atoms with van der Waals surface area (Å²) < 4.78 is 0. The number of nitrogens with zero attached hydrogens (tertiary/aromatic N) is 2. The Hall–Kier alpha value is -3.40. The largest absolute Gasteiger partial charge is 0.383 e. The van der Waals surface area contributed by atoms with Crippen LogP contribution in [0, 0.1) is 21.4 Å². The molecule has 0 aliphatic carbocycles. The van der Waals surface area contributed by atoms with Crippen molar-refractivity contribution in [3.63, 3.8) is 0 Å². The summed E-state index contributed by atoms with van der Waals surface area (Å²) in [4.78, 5) is 22.0. The van der Waals surface area contributed by atoms with Gasteiger partial charge in [-0.15, -0.1) is 0 Å². The number of amides is 1. The zero-order valence-corrected chi connectivity index (χ0v) is 12.2. The first kappa shape index (κ1) is 16.0. The average molecular weight is 310 g/mol. The molecule has 2 N–H and O–H groups in total. The van der Waals surface area contributed by atoms with E-state index in [-0.39, 0.29) is 11.6 Å². The van der Waals surface area contributed by atoms with Gasteiger partial charge in [-0.3, -0.25) is 14.9 Å². The first-order valence-corrected chi connectivity index (χ1v) is 6.87. The van der Waals surface area contributed by atoms with E-state index < -0.39 is 4.92 Å². The minimum atomic E-state index is -0.459. The minimum absolute atomic E-state index is 0.0289. The number of carbonyl (C=O) groups is 1.